The van der Waals surface area contributed by atoms with E-state index in [9.17, 15) is 4.79 Å². The van der Waals surface area contributed by atoms with Gasteiger partial charge in [-0.25, -0.2) is 0 Å². The van der Waals surface area contributed by atoms with E-state index in [1.54, 1.807) is 0 Å². The van der Waals surface area contributed by atoms with Crippen LogP contribution < -0.4 is 5.73 Å². The predicted octanol–water partition coefficient (Wildman–Crippen LogP) is 4.14. The van der Waals surface area contributed by atoms with Crippen LogP contribution in [0.1, 0.15) is 47.2 Å². The van der Waals surface area contributed by atoms with E-state index in [4.69, 9.17) is 17.3 Å². The number of fused-ring (bicyclic) bond motifs is 1. The summed E-state index contributed by atoms with van der Waals surface area (Å²) in [6, 6.07) is 16.3. The second kappa shape index (κ2) is 6.47. The van der Waals surface area contributed by atoms with Crippen LogP contribution in [0.25, 0.3) is 0 Å². The van der Waals surface area contributed by atoms with Crippen molar-refractivity contribution in [2.45, 2.75) is 43.7 Å². The van der Waals surface area contributed by atoms with E-state index in [1.807, 2.05) is 36.4 Å². The number of carbonyl (C=O) groups excluding carboxylic acids is 1. The van der Waals surface area contributed by atoms with Gasteiger partial charge in [-0.1, -0.05) is 41.9 Å². The molecule has 1 saturated carbocycles. The fourth-order valence-corrected chi connectivity index (χ4v) is 4.66. The number of benzene rings is 2. The Morgan fingerprint density at radius 3 is 2.56 bits per heavy atom. The van der Waals surface area contributed by atoms with Crippen molar-refractivity contribution in [2.75, 3.05) is 6.54 Å². The van der Waals surface area contributed by atoms with Gasteiger partial charge in [0.2, 0.25) is 0 Å². The first kappa shape index (κ1) is 16.6. The molecule has 1 amide bonds. The zero-order valence-corrected chi connectivity index (χ0v) is 15.0. The van der Waals surface area contributed by atoms with Gasteiger partial charge in [-0.05, 0) is 55.0 Å². The van der Waals surface area contributed by atoms with Gasteiger partial charge in [-0.3, -0.25) is 4.79 Å². The smallest absolute Gasteiger partial charge is 0.254 e. The van der Waals surface area contributed by atoms with Crippen molar-refractivity contribution in [1.29, 1.82) is 0 Å². The molecule has 0 unspecified atom stereocenters. The molecule has 0 spiro atoms. The lowest BCUT2D eigenvalue weighted by Crippen LogP contribution is -2.45. The van der Waals surface area contributed by atoms with Crippen LogP contribution in [0.15, 0.2) is 48.5 Å². The first-order chi connectivity index (χ1) is 12.1. The predicted molar refractivity (Wildman–Crippen MR) is 101 cm³/mol. The summed E-state index contributed by atoms with van der Waals surface area (Å²) in [6.45, 7) is 1.36. The third kappa shape index (κ3) is 2.86. The number of nitrogens with zero attached hydrogens (tertiary/aromatic N) is 1. The Kier molecular flexibility index (Phi) is 4.30. The zero-order chi connectivity index (χ0) is 17.4. The molecule has 4 heteroatoms. The molecule has 2 N–H and O–H groups in total. The Balaban J connectivity index is 1.51. The average Bonchev–Trinajstić information content (AvgIpc) is 2.99. The molecule has 2 aromatic rings. The summed E-state index contributed by atoms with van der Waals surface area (Å²) in [5, 5.41) is 0.762. The molecule has 130 valence electrons. The highest BCUT2D eigenvalue weighted by molar-refractivity contribution is 6.30. The van der Waals surface area contributed by atoms with Crippen LogP contribution >= 0.6 is 11.6 Å². The molecule has 3 nitrogen and oxygen atoms in total. The number of carbonyl (C=O) groups is 1. The van der Waals surface area contributed by atoms with E-state index in [1.165, 1.54) is 5.56 Å². The van der Waals surface area contributed by atoms with E-state index < -0.39 is 0 Å². The van der Waals surface area contributed by atoms with Gasteiger partial charge < -0.3 is 10.6 Å². The lowest BCUT2D eigenvalue weighted by Gasteiger charge is -2.42. The molecule has 2 aliphatic rings. The fourth-order valence-electron chi connectivity index (χ4n) is 4.47. The molecule has 1 heterocycles. The van der Waals surface area contributed by atoms with Crippen molar-refractivity contribution in [3.8, 4) is 0 Å². The highest BCUT2D eigenvalue weighted by atomic mass is 35.5. The Bertz CT molecular complexity index is 796. The van der Waals surface area contributed by atoms with Gasteiger partial charge >= 0.3 is 0 Å². The maximum atomic E-state index is 12.7. The van der Waals surface area contributed by atoms with E-state index in [-0.39, 0.29) is 11.3 Å². The molecule has 1 aliphatic carbocycles. The minimum Gasteiger partial charge on any atom is -0.331 e. The van der Waals surface area contributed by atoms with Crippen molar-refractivity contribution >= 4 is 17.5 Å². The van der Waals surface area contributed by atoms with Gasteiger partial charge in [0.25, 0.3) is 5.91 Å². The molecule has 0 bridgehead atoms. The first-order valence-corrected chi connectivity index (χ1v) is 9.36. The molecule has 0 atom stereocenters. The van der Waals surface area contributed by atoms with Crippen LogP contribution in [0.2, 0.25) is 5.02 Å². The van der Waals surface area contributed by atoms with Crippen LogP contribution in [0.4, 0.5) is 0 Å². The Morgan fingerprint density at radius 1 is 1.12 bits per heavy atom. The number of hydrogen-bond donors (Lipinski definition) is 1. The Morgan fingerprint density at radius 2 is 1.88 bits per heavy atom. The summed E-state index contributed by atoms with van der Waals surface area (Å²) >= 11 is 6.19. The first-order valence-electron chi connectivity index (χ1n) is 8.98. The SMILES string of the molecule is NCC1(c2cccc(Cl)c2)CCC(N2Cc3ccccc3C2=O)CC1. The molecule has 25 heavy (non-hydrogen) atoms. The molecule has 1 fully saturated rings. The van der Waals surface area contributed by atoms with E-state index in [0.29, 0.717) is 12.6 Å². The summed E-state index contributed by atoms with van der Waals surface area (Å²) < 4.78 is 0. The largest absolute Gasteiger partial charge is 0.331 e. The van der Waals surface area contributed by atoms with Gasteiger partial charge in [0, 0.05) is 35.1 Å². The topological polar surface area (TPSA) is 46.3 Å². The molecule has 0 radical (unpaired) electrons. The van der Waals surface area contributed by atoms with Crippen LogP contribution in [0.5, 0.6) is 0 Å². The number of halogens is 1. The second-order valence-corrected chi connectivity index (χ2v) is 7.75. The number of nitrogens with two attached hydrogens (primary N) is 1. The number of hydrogen-bond acceptors (Lipinski definition) is 2. The number of rotatable bonds is 3. The fraction of sp³-hybridized carbons (Fsp3) is 0.381. The van der Waals surface area contributed by atoms with Crippen LogP contribution in [0, 0.1) is 0 Å². The zero-order valence-electron chi connectivity index (χ0n) is 14.2. The van der Waals surface area contributed by atoms with Crippen molar-refractivity contribution in [3.63, 3.8) is 0 Å². The molecular formula is C21H23ClN2O. The van der Waals surface area contributed by atoms with Gasteiger partial charge in [0.1, 0.15) is 0 Å². The molecular weight excluding hydrogens is 332 g/mol. The molecule has 4 rings (SSSR count). The maximum absolute atomic E-state index is 12.7. The van der Waals surface area contributed by atoms with Gasteiger partial charge in [0.15, 0.2) is 0 Å². The lowest BCUT2D eigenvalue weighted by molar-refractivity contribution is 0.0620. The van der Waals surface area contributed by atoms with Gasteiger partial charge in [-0.2, -0.15) is 0 Å². The Hall–Kier alpha value is -1.84. The summed E-state index contributed by atoms with van der Waals surface area (Å²) in [7, 11) is 0. The third-order valence-electron chi connectivity index (χ3n) is 6.03. The summed E-state index contributed by atoms with van der Waals surface area (Å²) in [6.07, 6.45) is 3.97. The maximum Gasteiger partial charge on any atom is 0.254 e. The average molecular weight is 355 g/mol. The molecule has 0 saturated heterocycles. The van der Waals surface area contributed by atoms with Crippen LogP contribution in [0.3, 0.4) is 0 Å². The summed E-state index contributed by atoms with van der Waals surface area (Å²) in [5.74, 6) is 0.184. The Labute approximate surface area is 153 Å². The second-order valence-electron chi connectivity index (χ2n) is 7.32. The van der Waals surface area contributed by atoms with Crippen LogP contribution in [-0.4, -0.2) is 23.4 Å². The summed E-state index contributed by atoms with van der Waals surface area (Å²) in [4.78, 5) is 14.8. The minimum atomic E-state index is -0.0168. The lowest BCUT2D eigenvalue weighted by atomic mass is 9.68. The normalized spacial score (nSPS) is 25.9. The minimum absolute atomic E-state index is 0.0168. The van der Waals surface area contributed by atoms with Crippen molar-refractivity contribution in [2.24, 2.45) is 5.73 Å². The highest BCUT2D eigenvalue weighted by Gasteiger charge is 2.40. The van der Waals surface area contributed by atoms with Gasteiger partial charge in [-0.15, -0.1) is 0 Å². The molecule has 0 aromatic heterocycles. The van der Waals surface area contributed by atoms with Crippen molar-refractivity contribution in [3.05, 3.63) is 70.2 Å². The van der Waals surface area contributed by atoms with Crippen molar-refractivity contribution in [1.82, 2.24) is 4.90 Å². The highest BCUT2D eigenvalue weighted by Crippen LogP contribution is 2.42. The quantitative estimate of drug-likeness (QED) is 0.900. The van der Waals surface area contributed by atoms with Crippen LogP contribution in [-0.2, 0) is 12.0 Å². The molecule has 2 aromatic carbocycles. The van der Waals surface area contributed by atoms with E-state index >= 15 is 0 Å². The molecule has 1 aliphatic heterocycles. The third-order valence-corrected chi connectivity index (χ3v) is 6.27. The van der Waals surface area contributed by atoms with Gasteiger partial charge in [0.05, 0.1) is 0 Å². The monoisotopic (exact) mass is 354 g/mol. The number of amides is 1. The van der Waals surface area contributed by atoms with E-state index in [0.717, 1.165) is 48.4 Å². The van der Waals surface area contributed by atoms with E-state index in [2.05, 4.69) is 17.0 Å². The van der Waals surface area contributed by atoms with Crippen molar-refractivity contribution < 1.29 is 4.79 Å². The summed E-state index contributed by atoms with van der Waals surface area (Å²) in [5.41, 5.74) is 9.43. The standard InChI is InChI=1S/C21H23ClN2O/c22-17-6-3-5-16(12-17)21(14-23)10-8-18(9-11-21)24-13-15-4-1-2-7-19(15)20(24)25/h1-7,12,18H,8-11,13-14,23H2.